The third-order valence-corrected chi connectivity index (χ3v) is 4.28. The van der Waals surface area contributed by atoms with Crippen LogP contribution in [0.2, 0.25) is 0 Å². The minimum absolute atomic E-state index is 0. The summed E-state index contributed by atoms with van der Waals surface area (Å²) in [6.07, 6.45) is -15.7. The molecule has 1 fully saturated rings. The molecule has 0 spiro atoms. The Morgan fingerprint density at radius 3 is 0.933 bits per heavy atom. The average molecular weight is 552 g/mol. The van der Waals surface area contributed by atoms with Gasteiger partial charge in [0.05, 0.1) is 23.5 Å². The maximum atomic E-state index is 10.6. The van der Waals surface area contributed by atoms with Crippen LogP contribution in [0.15, 0.2) is 0 Å². The van der Waals surface area contributed by atoms with Crippen molar-refractivity contribution in [3.63, 3.8) is 0 Å². The van der Waals surface area contributed by atoms with Crippen molar-refractivity contribution >= 4 is 23.5 Å². The van der Waals surface area contributed by atoms with Gasteiger partial charge >= 0.3 is 177 Å². The summed E-state index contributed by atoms with van der Waals surface area (Å²) in [5.41, 5.74) is 0. The molecule has 0 unspecified atom stereocenters. The Balaban J connectivity index is -0.000000240. The summed E-state index contributed by atoms with van der Waals surface area (Å²) in [4.78, 5) is 63.6. The molecule has 0 aromatic carbocycles. The summed E-state index contributed by atoms with van der Waals surface area (Å²) in [6, 6.07) is 0. The van der Waals surface area contributed by atoms with Crippen molar-refractivity contribution < 1.29 is 249 Å². The van der Waals surface area contributed by atoms with E-state index in [2.05, 4.69) is 13.6 Å². The zero-order valence-electron chi connectivity index (χ0n) is 17.0. The second-order valence-electron chi connectivity index (χ2n) is 4.52. The van der Waals surface area contributed by atoms with Gasteiger partial charge < -0.3 is 71.9 Å². The van der Waals surface area contributed by atoms with Crippen LogP contribution in [-0.4, -0.2) is 51.9 Å². The second kappa shape index (κ2) is 20.2. The third-order valence-electron chi connectivity index (χ3n) is 2.77. The third kappa shape index (κ3) is 18.5. The van der Waals surface area contributed by atoms with Gasteiger partial charge in [0.15, 0.2) is 0 Å². The predicted molar refractivity (Wildman–Crippen MR) is 55.5 cm³/mol. The molecule has 0 radical (unpaired) electrons. The van der Waals surface area contributed by atoms with Gasteiger partial charge in [-0.05, 0) is 0 Å². The van der Waals surface area contributed by atoms with Gasteiger partial charge in [-0.15, -0.1) is 0 Å². The van der Waals surface area contributed by atoms with E-state index in [1.165, 1.54) is 0 Å². The number of aliphatic hydroxyl groups is 3. The van der Waals surface area contributed by atoms with Crippen LogP contribution < -0.4 is 207 Å². The van der Waals surface area contributed by atoms with E-state index in [4.69, 9.17) is 0 Å². The van der Waals surface area contributed by atoms with Crippen LogP contribution in [0.25, 0.3) is 0 Å². The maximum absolute atomic E-state index is 10.6. The molecule has 24 heteroatoms. The van der Waals surface area contributed by atoms with Crippen LogP contribution in [0.3, 0.4) is 0 Å². The molecule has 1 aliphatic carbocycles. The molecule has 1 saturated carbocycles. The first kappa shape index (κ1) is 49.2. The van der Waals surface area contributed by atoms with E-state index in [1.807, 2.05) is 0 Å². The van der Waals surface area contributed by atoms with Crippen molar-refractivity contribution in [3.8, 4) is 0 Å². The zero-order chi connectivity index (χ0) is 19.1. The number of phosphoric ester groups is 3. The van der Waals surface area contributed by atoms with Gasteiger partial charge in [0.1, 0.15) is 36.6 Å². The van der Waals surface area contributed by atoms with Crippen LogP contribution in [-0.2, 0) is 27.3 Å². The normalized spacial score (nSPS) is 28.7. The molecule has 30 heavy (non-hydrogen) atoms. The van der Waals surface area contributed by atoms with Gasteiger partial charge in [-0.3, -0.25) is 0 Å². The second-order valence-corrected chi connectivity index (χ2v) is 7.84. The van der Waals surface area contributed by atoms with E-state index in [0.717, 1.165) is 0 Å². The number of hydrogen-bond donors (Lipinski definition) is 3. The molecule has 0 aromatic heterocycles. The van der Waals surface area contributed by atoms with Gasteiger partial charge in [-0.2, -0.15) is 0 Å². The molecular weight excluding hydrogens is 543 g/mol. The smallest absolute Gasteiger partial charge is 0.790 e. The Hall–Kier alpha value is 6.21. The number of aliphatic hydroxyl groups excluding tert-OH is 3. The molecule has 3 N–H and O–H groups in total. The van der Waals surface area contributed by atoms with E-state index in [0.29, 0.717) is 0 Å². The minimum Gasteiger partial charge on any atom is -0.790 e. The Morgan fingerprint density at radius 1 is 0.467 bits per heavy atom. The van der Waals surface area contributed by atoms with Gasteiger partial charge in [-0.1, -0.05) is 0 Å². The van der Waals surface area contributed by atoms with Crippen molar-refractivity contribution in [3.05, 3.63) is 0 Å². The fraction of sp³-hybridized carbons (Fsp3) is 1.00. The van der Waals surface area contributed by atoms with E-state index < -0.39 is 60.1 Å². The molecule has 0 amide bonds. The molecule has 144 valence electrons. The summed E-state index contributed by atoms with van der Waals surface area (Å²) in [6.45, 7) is 0. The Bertz CT molecular complexity index is 595. The molecular formula is C6H9Na6O15P3. The first-order valence-corrected chi connectivity index (χ1v) is 10.1. The summed E-state index contributed by atoms with van der Waals surface area (Å²) in [7, 11) is -17.9. The molecule has 1 rings (SSSR count). The van der Waals surface area contributed by atoms with Gasteiger partial charge in [0.25, 0.3) is 0 Å². The molecule has 6 atom stereocenters. The van der Waals surface area contributed by atoms with E-state index in [9.17, 15) is 58.4 Å². The molecule has 0 aliphatic heterocycles. The van der Waals surface area contributed by atoms with Gasteiger partial charge in [0.2, 0.25) is 0 Å². The van der Waals surface area contributed by atoms with Crippen LogP contribution in [0, 0.1) is 0 Å². The summed E-state index contributed by atoms with van der Waals surface area (Å²) < 4.78 is 43.0. The zero-order valence-corrected chi connectivity index (χ0v) is 31.7. The van der Waals surface area contributed by atoms with Gasteiger partial charge in [-0.25, -0.2) is 0 Å². The molecule has 1 aliphatic rings. The number of hydrogen-bond acceptors (Lipinski definition) is 15. The van der Waals surface area contributed by atoms with Crippen molar-refractivity contribution in [2.24, 2.45) is 0 Å². The topological polar surface area (TPSA) is 278 Å². The number of phosphoric acid groups is 3. The Kier molecular flexibility index (Phi) is 33.1. The van der Waals surface area contributed by atoms with Crippen molar-refractivity contribution in [2.45, 2.75) is 36.6 Å². The van der Waals surface area contributed by atoms with Crippen LogP contribution in [0.5, 0.6) is 0 Å². The summed E-state index contributed by atoms with van der Waals surface area (Å²) in [5, 5.41) is 28.9. The average Bonchev–Trinajstić information content (AvgIpc) is 2.32. The monoisotopic (exact) mass is 552 g/mol. The fourth-order valence-corrected chi connectivity index (χ4v) is 3.62. The summed E-state index contributed by atoms with van der Waals surface area (Å²) >= 11 is 0. The number of rotatable bonds is 6. The molecule has 0 saturated heterocycles. The van der Waals surface area contributed by atoms with Crippen LogP contribution in [0.1, 0.15) is 0 Å². The quantitative estimate of drug-likeness (QED) is 0.204. The van der Waals surface area contributed by atoms with Crippen molar-refractivity contribution in [1.82, 2.24) is 0 Å². The van der Waals surface area contributed by atoms with E-state index >= 15 is 0 Å². The Labute approximate surface area is 303 Å². The first-order valence-electron chi connectivity index (χ1n) is 5.67. The van der Waals surface area contributed by atoms with Crippen LogP contribution >= 0.6 is 23.5 Å². The van der Waals surface area contributed by atoms with Crippen molar-refractivity contribution in [1.29, 1.82) is 0 Å². The summed E-state index contributed by atoms with van der Waals surface area (Å²) in [5.74, 6) is 0. The standard InChI is InChI=1S/C6H15O15P3.6Na/c7-1-2(8)5(20-23(13,14)15)6(21-24(16,17)18)3(9)4(1)19-22(10,11)12;;;;;;/h1-9H,(H2,10,11,12)(H2,13,14,15)(H2,16,17,18);;;;;;/q;6*+1/p-6/t1-,2+,3+,4-,5-,6-;;;;;;/m1....../s1. The van der Waals surface area contributed by atoms with Gasteiger partial charge in [0, 0.05) is 0 Å². The minimum atomic E-state index is -6.01. The molecule has 15 nitrogen and oxygen atoms in total. The molecule has 0 aromatic rings. The van der Waals surface area contributed by atoms with Crippen molar-refractivity contribution in [2.75, 3.05) is 0 Å². The predicted octanol–water partition coefficient (Wildman–Crippen LogP) is -25.3. The van der Waals surface area contributed by atoms with E-state index in [1.54, 1.807) is 0 Å². The first-order chi connectivity index (χ1) is 10.5. The van der Waals surface area contributed by atoms with E-state index in [-0.39, 0.29) is 177 Å². The van der Waals surface area contributed by atoms with Crippen LogP contribution in [0.4, 0.5) is 0 Å². The SMILES string of the molecule is O=P([O-])([O-])O[C@@H]1[C@H](O)[C@H](O)[C@@H](OP(=O)([O-])[O-])[C@H](OP(=O)([O-])[O-])[C@H]1O.[Na+].[Na+].[Na+].[Na+].[Na+].[Na+]. The largest absolute Gasteiger partial charge is 1.00 e. The fourth-order valence-electron chi connectivity index (χ4n) is 1.98. The Morgan fingerprint density at radius 2 is 0.667 bits per heavy atom. The molecule has 0 heterocycles. The maximum Gasteiger partial charge on any atom is 1.00 e. The molecule has 0 bridgehead atoms.